The molecule has 0 bridgehead atoms. The Hall–Kier alpha value is -3.40. The quantitative estimate of drug-likeness (QED) is 0.568. The smallest absolute Gasteiger partial charge is 0.262 e. The zero-order valence-corrected chi connectivity index (χ0v) is 12.8. The van der Waals surface area contributed by atoms with Gasteiger partial charge in [0.2, 0.25) is 0 Å². The van der Waals surface area contributed by atoms with Crippen LogP contribution >= 0.6 is 0 Å². The predicted octanol–water partition coefficient (Wildman–Crippen LogP) is 3.48. The van der Waals surface area contributed by atoms with E-state index >= 15 is 0 Å². The van der Waals surface area contributed by atoms with Gasteiger partial charge in [0.1, 0.15) is 0 Å². The summed E-state index contributed by atoms with van der Waals surface area (Å²) in [5.41, 5.74) is 2.66. The van der Waals surface area contributed by atoms with Gasteiger partial charge in [-0.15, -0.1) is 0 Å². The molecule has 0 N–H and O–H groups in total. The summed E-state index contributed by atoms with van der Waals surface area (Å²) >= 11 is 0. The Kier molecular flexibility index (Phi) is 3.35. The number of rotatable bonds is 2. The van der Waals surface area contributed by atoms with Crippen molar-refractivity contribution < 1.29 is 4.79 Å². The number of fused-ring (bicyclic) bond motifs is 1. The van der Waals surface area contributed by atoms with E-state index in [1.165, 1.54) is 6.07 Å². The summed E-state index contributed by atoms with van der Waals surface area (Å²) in [6.45, 7) is 0. The zero-order chi connectivity index (χ0) is 16.5. The molecule has 2 heterocycles. The highest BCUT2D eigenvalue weighted by Gasteiger charge is 2.14. The van der Waals surface area contributed by atoms with Gasteiger partial charge in [-0.3, -0.25) is 18.7 Å². The first-order valence-electron chi connectivity index (χ1n) is 7.64. The maximum absolute atomic E-state index is 12.7. The lowest BCUT2D eigenvalue weighted by Gasteiger charge is -2.09. The van der Waals surface area contributed by atoms with Crippen molar-refractivity contribution in [1.82, 2.24) is 9.13 Å². The topological polar surface area (TPSA) is 44.0 Å². The molecule has 0 aliphatic carbocycles. The van der Waals surface area contributed by atoms with E-state index in [0.717, 1.165) is 5.69 Å². The Morgan fingerprint density at radius 1 is 0.708 bits per heavy atom. The number of benzene rings is 2. The molecule has 0 aliphatic heterocycles. The van der Waals surface area contributed by atoms with E-state index in [2.05, 4.69) is 0 Å². The van der Waals surface area contributed by atoms with Crippen LogP contribution in [0.4, 0.5) is 0 Å². The third-order valence-corrected chi connectivity index (χ3v) is 4.00. The Morgan fingerprint density at radius 3 is 2.08 bits per heavy atom. The Balaban J connectivity index is 1.93. The molecule has 2 aromatic carbocycles. The number of pyridine rings is 1. The molecule has 0 aliphatic rings. The Bertz CT molecular complexity index is 1080. The van der Waals surface area contributed by atoms with Crippen molar-refractivity contribution in [3.05, 3.63) is 101 Å². The summed E-state index contributed by atoms with van der Waals surface area (Å²) in [6.07, 6.45) is 1.71. The largest absolute Gasteiger partial charge is 0.282 e. The van der Waals surface area contributed by atoms with Crippen molar-refractivity contribution in [3.8, 4) is 5.69 Å². The molecule has 2 aromatic heterocycles. The van der Waals surface area contributed by atoms with E-state index in [0.29, 0.717) is 16.6 Å². The van der Waals surface area contributed by atoms with Crippen molar-refractivity contribution in [2.75, 3.05) is 0 Å². The van der Waals surface area contributed by atoms with E-state index in [1.54, 1.807) is 39.6 Å². The summed E-state index contributed by atoms with van der Waals surface area (Å²) in [5, 5.41) is 0. The van der Waals surface area contributed by atoms with Crippen LogP contribution in [0.25, 0.3) is 16.7 Å². The SMILES string of the molecule is O=C(c1ccccc1)n1ccc2c1ccc(=O)n2-c1ccccc1. The molecule has 0 spiro atoms. The van der Waals surface area contributed by atoms with E-state index in [-0.39, 0.29) is 11.5 Å². The number of hydrogen-bond acceptors (Lipinski definition) is 2. The predicted molar refractivity (Wildman–Crippen MR) is 93.7 cm³/mol. The Labute approximate surface area is 138 Å². The minimum Gasteiger partial charge on any atom is -0.282 e. The van der Waals surface area contributed by atoms with Gasteiger partial charge in [0.25, 0.3) is 11.5 Å². The van der Waals surface area contributed by atoms with Crippen molar-refractivity contribution in [1.29, 1.82) is 0 Å². The van der Waals surface area contributed by atoms with Gasteiger partial charge < -0.3 is 0 Å². The van der Waals surface area contributed by atoms with Crippen LogP contribution in [0.3, 0.4) is 0 Å². The number of aromatic nitrogens is 2. The van der Waals surface area contributed by atoms with E-state index in [4.69, 9.17) is 0 Å². The Morgan fingerprint density at radius 2 is 1.38 bits per heavy atom. The standard InChI is InChI=1S/C20H14N2O2/c23-19-12-11-17-18(22(19)16-9-5-2-6-10-16)13-14-21(17)20(24)15-7-3-1-4-8-15/h1-14H. The number of hydrogen-bond donors (Lipinski definition) is 0. The zero-order valence-electron chi connectivity index (χ0n) is 12.8. The van der Waals surface area contributed by atoms with Crippen LogP contribution in [0.5, 0.6) is 0 Å². The van der Waals surface area contributed by atoms with Crippen molar-refractivity contribution in [2.24, 2.45) is 0 Å². The normalized spacial score (nSPS) is 10.8. The van der Waals surface area contributed by atoms with E-state index < -0.39 is 0 Å². The fourth-order valence-electron chi connectivity index (χ4n) is 2.87. The molecule has 4 nitrogen and oxygen atoms in total. The molecule has 0 saturated heterocycles. The van der Waals surface area contributed by atoms with Crippen LogP contribution in [-0.2, 0) is 0 Å². The van der Waals surface area contributed by atoms with Gasteiger partial charge in [0, 0.05) is 23.5 Å². The summed E-state index contributed by atoms with van der Waals surface area (Å²) in [4.78, 5) is 25.1. The van der Waals surface area contributed by atoms with Crippen LogP contribution in [0, 0.1) is 0 Å². The lowest BCUT2D eigenvalue weighted by molar-refractivity contribution is 0.0965. The van der Waals surface area contributed by atoms with Gasteiger partial charge in [-0.05, 0) is 36.4 Å². The molecule has 24 heavy (non-hydrogen) atoms. The van der Waals surface area contributed by atoms with Crippen LogP contribution in [0.2, 0.25) is 0 Å². The molecule has 0 amide bonds. The lowest BCUT2D eigenvalue weighted by atomic mass is 10.2. The number of carbonyl (C=O) groups is 1. The van der Waals surface area contributed by atoms with Gasteiger partial charge in [0.05, 0.1) is 11.0 Å². The van der Waals surface area contributed by atoms with Gasteiger partial charge in [-0.2, -0.15) is 0 Å². The number of para-hydroxylation sites is 1. The molecule has 0 unspecified atom stereocenters. The summed E-state index contributed by atoms with van der Waals surface area (Å²) in [5.74, 6) is -0.121. The summed E-state index contributed by atoms with van der Waals surface area (Å²) in [6, 6.07) is 23.5. The molecule has 0 atom stereocenters. The minimum absolute atomic E-state index is 0.121. The van der Waals surface area contributed by atoms with E-state index in [9.17, 15) is 9.59 Å². The molecule has 4 aromatic rings. The molecule has 0 radical (unpaired) electrons. The maximum atomic E-state index is 12.7. The number of nitrogens with zero attached hydrogens (tertiary/aromatic N) is 2. The lowest BCUT2D eigenvalue weighted by Crippen LogP contribution is -2.18. The number of carbonyl (C=O) groups excluding carboxylic acids is 1. The van der Waals surface area contributed by atoms with Gasteiger partial charge in [-0.25, -0.2) is 0 Å². The molecule has 4 rings (SSSR count). The average molecular weight is 314 g/mol. The fraction of sp³-hybridized carbons (Fsp3) is 0. The average Bonchev–Trinajstić information content (AvgIpc) is 3.06. The summed E-state index contributed by atoms with van der Waals surface area (Å²) < 4.78 is 3.19. The molecular formula is C20H14N2O2. The highest BCUT2D eigenvalue weighted by atomic mass is 16.2. The first kappa shape index (κ1) is 14.2. The molecule has 0 fully saturated rings. The van der Waals surface area contributed by atoms with Crippen LogP contribution in [0.1, 0.15) is 10.4 Å². The van der Waals surface area contributed by atoms with Crippen LogP contribution in [-0.4, -0.2) is 15.0 Å². The van der Waals surface area contributed by atoms with Crippen molar-refractivity contribution in [2.45, 2.75) is 0 Å². The third-order valence-electron chi connectivity index (χ3n) is 4.00. The summed E-state index contributed by atoms with van der Waals surface area (Å²) in [7, 11) is 0. The second-order valence-electron chi connectivity index (χ2n) is 5.47. The highest BCUT2D eigenvalue weighted by molar-refractivity contribution is 6.01. The van der Waals surface area contributed by atoms with Crippen molar-refractivity contribution in [3.63, 3.8) is 0 Å². The third kappa shape index (κ3) is 2.25. The fourth-order valence-corrected chi connectivity index (χ4v) is 2.87. The minimum atomic E-state index is -0.126. The molecule has 116 valence electrons. The molecule has 4 heteroatoms. The van der Waals surface area contributed by atoms with Gasteiger partial charge >= 0.3 is 0 Å². The second kappa shape index (κ2) is 5.66. The van der Waals surface area contributed by atoms with Crippen LogP contribution in [0.15, 0.2) is 89.9 Å². The maximum Gasteiger partial charge on any atom is 0.262 e. The monoisotopic (exact) mass is 314 g/mol. The second-order valence-corrected chi connectivity index (χ2v) is 5.47. The first-order chi connectivity index (χ1) is 11.8. The van der Waals surface area contributed by atoms with Gasteiger partial charge in [-0.1, -0.05) is 36.4 Å². The highest BCUT2D eigenvalue weighted by Crippen LogP contribution is 2.19. The van der Waals surface area contributed by atoms with Crippen molar-refractivity contribution >= 4 is 16.9 Å². The first-order valence-corrected chi connectivity index (χ1v) is 7.64. The molecule has 0 saturated carbocycles. The molecular weight excluding hydrogens is 300 g/mol. The van der Waals surface area contributed by atoms with Gasteiger partial charge in [0.15, 0.2) is 0 Å². The van der Waals surface area contributed by atoms with E-state index in [1.807, 2.05) is 48.5 Å². The van der Waals surface area contributed by atoms with Crippen LogP contribution < -0.4 is 5.56 Å².